The van der Waals surface area contributed by atoms with E-state index in [9.17, 15) is 4.79 Å². The third-order valence-electron chi connectivity index (χ3n) is 5.25. The number of Topliss-reactive ketones (excluding diaryl/α,β-unsaturated/α-hetero) is 1. The SMILES string of the molecule is C#C/C(C=C)=C/c1cc(OC(SC)C(C)=O)cc(C)c1C.C=C/C=C(\C=C)c1cc(C(C)(C)C)no1. The van der Waals surface area contributed by atoms with Gasteiger partial charge >= 0.3 is 0 Å². The molecule has 0 radical (unpaired) electrons. The highest BCUT2D eigenvalue weighted by Gasteiger charge is 2.19. The third kappa shape index (κ3) is 8.94. The highest BCUT2D eigenvalue weighted by molar-refractivity contribution is 7.99. The van der Waals surface area contributed by atoms with Gasteiger partial charge in [-0.1, -0.05) is 75.9 Å². The maximum absolute atomic E-state index is 11.5. The predicted molar refractivity (Wildman–Crippen MR) is 155 cm³/mol. The Kier molecular flexibility index (Phi) is 12.0. The number of hydrogen-bond donors (Lipinski definition) is 0. The predicted octanol–water partition coefficient (Wildman–Crippen LogP) is 7.89. The number of ketones is 1. The van der Waals surface area contributed by atoms with Gasteiger partial charge in [-0.3, -0.25) is 4.79 Å². The molecule has 0 aliphatic carbocycles. The van der Waals surface area contributed by atoms with E-state index in [1.54, 1.807) is 18.2 Å². The number of aryl methyl sites for hydroxylation is 1. The van der Waals surface area contributed by atoms with Gasteiger partial charge in [0.05, 0.1) is 5.69 Å². The second-order valence-corrected chi connectivity index (χ2v) is 9.99. The largest absolute Gasteiger partial charge is 0.472 e. The van der Waals surface area contributed by atoms with Crippen molar-refractivity contribution >= 4 is 29.2 Å². The lowest BCUT2D eigenvalue weighted by Crippen LogP contribution is -2.20. The van der Waals surface area contributed by atoms with E-state index in [4.69, 9.17) is 15.7 Å². The van der Waals surface area contributed by atoms with Gasteiger partial charge < -0.3 is 9.26 Å². The Balaban J connectivity index is 0.000000381. The van der Waals surface area contributed by atoms with Gasteiger partial charge in [0.2, 0.25) is 5.44 Å². The summed E-state index contributed by atoms with van der Waals surface area (Å²) in [6.45, 7) is 22.9. The summed E-state index contributed by atoms with van der Waals surface area (Å²) in [4.78, 5) is 11.5. The first kappa shape index (κ1) is 30.5. The molecule has 0 aliphatic heterocycles. The zero-order valence-electron chi connectivity index (χ0n) is 22.5. The van der Waals surface area contributed by atoms with Crippen LogP contribution in [0, 0.1) is 26.2 Å². The van der Waals surface area contributed by atoms with E-state index < -0.39 is 5.44 Å². The van der Waals surface area contributed by atoms with E-state index in [0.29, 0.717) is 11.3 Å². The van der Waals surface area contributed by atoms with Crippen molar-refractivity contribution in [3.8, 4) is 18.1 Å². The third-order valence-corrected chi connectivity index (χ3v) is 6.10. The van der Waals surface area contributed by atoms with Gasteiger partial charge in [-0.2, -0.15) is 0 Å². The number of terminal acetylenes is 1. The zero-order valence-corrected chi connectivity index (χ0v) is 23.3. The first-order valence-corrected chi connectivity index (χ1v) is 12.7. The summed E-state index contributed by atoms with van der Waals surface area (Å²) in [6.07, 6.45) is 16.1. The summed E-state index contributed by atoms with van der Waals surface area (Å²) in [5.74, 6) is 3.97. The number of ether oxygens (including phenoxy) is 1. The molecule has 0 fully saturated rings. The van der Waals surface area contributed by atoms with Crippen molar-refractivity contribution in [3.05, 3.63) is 96.0 Å². The second-order valence-electron chi connectivity index (χ2n) is 9.09. The van der Waals surface area contributed by atoms with Crippen LogP contribution in [0.1, 0.15) is 55.8 Å². The minimum absolute atomic E-state index is 0.00219. The van der Waals surface area contributed by atoms with Crippen LogP contribution in [-0.4, -0.2) is 22.6 Å². The fraction of sp³-hybridized carbons (Fsp3) is 0.290. The molecule has 0 bridgehead atoms. The molecule has 190 valence electrons. The van der Waals surface area contributed by atoms with E-state index in [-0.39, 0.29) is 11.2 Å². The highest BCUT2D eigenvalue weighted by atomic mass is 32.2. The lowest BCUT2D eigenvalue weighted by molar-refractivity contribution is -0.120. The van der Waals surface area contributed by atoms with Crippen molar-refractivity contribution in [2.24, 2.45) is 0 Å². The number of carbonyl (C=O) groups excluding carboxylic acids is 1. The summed E-state index contributed by atoms with van der Waals surface area (Å²) in [6, 6.07) is 5.77. The van der Waals surface area contributed by atoms with Crippen molar-refractivity contribution in [3.63, 3.8) is 0 Å². The summed E-state index contributed by atoms with van der Waals surface area (Å²) in [7, 11) is 0. The topological polar surface area (TPSA) is 52.3 Å². The molecule has 1 heterocycles. The Morgan fingerprint density at radius 2 is 1.86 bits per heavy atom. The first-order valence-electron chi connectivity index (χ1n) is 11.5. The molecule has 1 aromatic carbocycles. The van der Waals surface area contributed by atoms with Crippen LogP contribution in [0.4, 0.5) is 0 Å². The fourth-order valence-corrected chi connectivity index (χ4v) is 3.50. The van der Waals surface area contributed by atoms with Gasteiger partial charge in [0.25, 0.3) is 0 Å². The van der Waals surface area contributed by atoms with Crippen molar-refractivity contribution in [1.29, 1.82) is 0 Å². The molecule has 5 heteroatoms. The maximum Gasteiger partial charge on any atom is 0.202 e. The van der Waals surface area contributed by atoms with Crippen LogP contribution in [0.2, 0.25) is 0 Å². The lowest BCUT2D eigenvalue weighted by Gasteiger charge is -2.16. The number of aromatic nitrogens is 1. The average Bonchev–Trinajstić information content (AvgIpc) is 3.33. The Bertz CT molecular complexity index is 1200. The molecule has 2 aromatic rings. The molecular weight excluding hydrogens is 466 g/mol. The van der Waals surface area contributed by atoms with Crippen LogP contribution >= 0.6 is 11.8 Å². The number of rotatable bonds is 9. The minimum Gasteiger partial charge on any atom is -0.472 e. The smallest absolute Gasteiger partial charge is 0.202 e. The molecule has 0 spiro atoms. The molecule has 0 aliphatic rings. The summed E-state index contributed by atoms with van der Waals surface area (Å²) in [5.41, 5.74) is 5.24. The van der Waals surface area contributed by atoms with Gasteiger partial charge in [-0.05, 0) is 61.9 Å². The van der Waals surface area contributed by atoms with E-state index >= 15 is 0 Å². The van der Waals surface area contributed by atoms with Gasteiger partial charge in [0, 0.05) is 22.6 Å². The van der Waals surface area contributed by atoms with Gasteiger partial charge in [0.1, 0.15) is 5.75 Å². The molecule has 0 N–H and O–H groups in total. The maximum atomic E-state index is 11.5. The Morgan fingerprint density at radius 1 is 1.19 bits per heavy atom. The van der Waals surface area contributed by atoms with Crippen LogP contribution in [0.3, 0.4) is 0 Å². The number of thioether (sulfide) groups is 1. The molecular formula is C31H37NO3S. The van der Waals surface area contributed by atoms with Crippen LogP contribution in [-0.2, 0) is 10.2 Å². The Hall–Kier alpha value is -3.49. The van der Waals surface area contributed by atoms with E-state index in [2.05, 4.69) is 51.6 Å². The molecule has 0 saturated carbocycles. The van der Waals surface area contributed by atoms with Crippen molar-refractivity contribution in [2.45, 2.75) is 52.4 Å². The van der Waals surface area contributed by atoms with Gasteiger partial charge in [-0.15, -0.1) is 18.2 Å². The zero-order chi connectivity index (χ0) is 27.5. The fourth-order valence-electron chi connectivity index (χ4n) is 2.96. The molecule has 0 amide bonds. The average molecular weight is 504 g/mol. The monoisotopic (exact) mass is 503 g/mol. The number of allylic oxidation sites excluding steroid dienone is 6. The summed E-state index contributed by atoms with van der Waals surface area (Å²) >= 11 is 1.38. The minimum atomic E-state index is -0.490. The number of hydrogen-bond acceptors (Lipinski definition) is 5. The van der Waals surface area contributed by atoms with Crippen molar-refractivity contribution in [2.75, 3.05) is 6.26 Å². The molecule has 1 atom stereocenters. The molecule has 4 nitrogen and oxygen atoms in total. The summed E-state index contributed by atoms with van der Waals surface area (Å²) < 4.78 is 11.0. The van der Waals surface area contributed by atoms with Crippen LogP contribution in [0.15, 0.2) is 72.3 Å². The highest BCUT2D eigenvalue weighted by Crippen LogP contribution is 2.27. The molecule has 1 aromatic heterocycles. The quantitative estimate of drug-likeness (QED) is 0.198. The standard InChI is InChI=1S/C18H20O2S.C13H17NO/c1-7-15(8-2)10-16-11-17(9-12(3)13(16)4)20-18(21-6)14(5)19;1-6-8-10(7-2)11-9-12(14-15-11)13(3,4)5/h1,8-11,18H,2H2,3-6H3;6-9H,1-2H2,3-5H3/b15-10-;10-8+. The number of nitrogens with zero attached hydrogens (tertiary/aromatic N) is 1. The molecule has 1 unspecified atom stereocenters. The van der Waals surface area contributed by atoms with Crippen LogP contribution < -0.4 is 4.74 Å². The van der Waals surface area contributed by atoms with E-state index in [0.717, 1.165) is 33.7 Å². The van der Waals surface area contributed by atoms with E-state index in [1.807, 2.05) is 50.5 Å². The van der Waals surface area contributed by atoms with Crippen LogP contribution in [0.25, 0.3) is 11.6 Å². The van der Waals surface area contributed by atoms with E-state index in [1.165, 1.54) is 18.7 Å². The second kappa shape index (κ2) is 14.2. The first-order chi connectivity index (χ1) is 16.9. The lowest BCUT2D eigenvalue weighted by atomic mass is 9.92. The van der Waals surface area contributed by atoms with Gasteiger partial charge in [-0.25, -0.2) is 0 Å². The molecule has 2 rings (SSSR count). The van der Waals surface area contributed by atoms with Crippen molar-refractivity contribution in [1.82, 2.24) is 5.16 Å². The number of carbonyl (C=O) groups is 1. The normalized spacial score (nSPS) is 12.5. The van der Waals surface area contributed by atoms with Crippen LogP contribution in [0.5, 0.6) is 5.75 Å². The number of benzene rings is 1. The molecule has 0 saturated heterocycles. The Morgan fingerprint density at radius 3 is 2.31 bits per heavy atom. The molecule has 36 heavy (non-hydrogen) atoms. The Labute approximate surface area is 220 Å². The van der Waals surface area contributed by atoms with Gasteiger partial charge in [0.15, 0.2) is 11.5 Å². The van der Waals surface area contributed by atoms with Crippen molar-refractivity contribution < 1.29 is 14.1 Å². The summed E-state index contributed by atoms with van der Waals surface area (Å²) in [5, 5.41) is 4.04.